The molecule has 0 aliphatic rings. The van der Waals surface area contributed by atoms with Crippen LogP contribution in [0.3, 0.4) is 0 Å². The number of carboxylic acid groups (broad SMARTS) is 1. The van der Waals surface area contributed by atoms with Crippen molar-refractivity contribution in [2.45, 2.75) is 0 Å². The molecule has 3 nitrogen and oxygen atoms in total. The second-order valence-electron chi connectivity index (χ2n) is 2.68. The van der Waals surface area contributed by atoms with E-state index in [1.165, 1.54) is 6.07 Å². The van der Waals surface area contributed by atoms with E-state index in [4.69, 9.17) is 0 Å². The van der Waals surface area contributed by atoms with Gasteiger partial charge in [-0.05, 0) is 27.6 Å². The molecule has 1 N–H and O–H groups in total. The van der Waals surface area contributed by atoms with Crippen LogP contribution in [0.4, 0.5) is 0 Å². The lowest BCUT2D eigenvalue weighted by Gasteiger charge is -2.01. The number of fused-ring (bicyclic) bond motifs is 1. The lowest BCUT2D eigenvalue weighted by Crippen LogP contribution is -2.21. The van der Waals surface area contributed by atoms with Crippen LogP contribution in [-0.2, 0) is 0 Å². The molecule has 0 aliphatic carbocycles. The molecule has 1 aromatic carbocycles. The Bertz CT molecular complexity index is 475. The quantitative estimate of drug-likeness (QED) is 0.815. The van der Waals surface area contributed by atoms with Crippen molar-refractivity contribution < 1.29 is 9.90 Å². The van der Waals surface area contributed by atoms with Gasteiger partial charge in [0.15, 0.2) is 0 Å². The average Bonchev–Trinajstić information content (AvgIpc) is 2.47. The highest BCUT2D eigenvalue weighted by atomic mass is 79.9. The van der Waals surface area contributed by atoms with E-state index in [1.54, 1.807) is 18.3 Å². The zero-order valence-corrected chi connectivity index (χ0v) is 8.09. The molecule has 1 heterocycles. The molecular weight excluding hydrogens is 234 g/mol. The minimum absolute atomic E-state index is 0.182. The van der Waals surface area contributed by atoms with Gasteiger partial charge in [0.25, 0.3) is 0 Å². The maximum Gasteiger partial charge on any atom is 0.0716 e. The summed E-state index contributed by atoms with van der Waals surface area (Å²) in [5.41, 5.74) is 0.968. The van der Waals surface area contributed by atoms with Crippen molar-refractivity contribution in [2.24, 2.45) is 0 Å². The van der Waals surface area contributed by atoms with Crippen molar-refractivity contribution in [1.29, 1.82) is 0 Å². The molecule has 0 unspecified atom stereocenters. The molecule has 0 spiro atoms. The van der Waals surface area contributed by atoms with Crippen molar-refractivity contribution in [1.82, 2.24) is 4.98 Å². The molecule has 0 bridgehead atoms. The molecule has 0 radical (unpaired) electrons. The van der Waals surface area contributed by atoms with Gasteiger partial charge in [0.05, 0.1) is 5.97 Å². The molecule has 0 amide bonds. The predicted molar refractivity (Wildman–Crippen MR) is 50.3 cm³/mol. The molecule has 0 fully saturated rings. The van der Waals surface area contributed by atoms with Gasteiger partial charge in [0, 0.05) is 21.6 Å². The van der Waals surface area contributed by atoms with Crippen molar-refractivity contribution in [3.8, 4) is 0 Å². The van der Waals surface area contributed by atoms with Gasteiger partial charge in [-0.25, -0.2) is 0 Å². The fourth-order valence-electron chi connectivity index (χ4n) is 1.22. The third-order valence-electron chi connectivity index (χ3n) is 1.87. The molecule has 4 heteroatoms. The van der Waals surface area contributed by atoms with Crippen LogP contribution in [0.2, 0.25) is 0 Å². The minimum atomic E-state index is -1.16. The standard InChI is InChI=1S/C9H6BrNO2/c10-7-4-11-8-3-5(9(12)13)1-2-6(7)8/h1-4,11H,(H,12,13)/p-1. The number of carbonyl (C=O) groups is 1. The number of benzene rings is 1. The fraction of sp³-hybridized carbons (Fsp3) is 0. The number of hydrogen-bond acceptors (Lipinski definition) is 2. The largest absolute Gasteiger partial charge is 0.545 e. The SMILES string of the molecule is O=C([O-])c1ccc2c(Br)c[nH]c2c1. The molecule has 13 heavy (non-hydrogen) atoms. The Morgan fingerprint density at radius 1 is 1.46 bits per heavy atom. The second-order valence-corrected chi connectivity index (χ2v) is 3.54. The van der Waals surface area contributed by atoms with E-state index in [0.717, 1.165) is 15.4 Å². The molecule has 0 saturated carbocycles. The highest BCUT2D eigenvalue weighted by molar-refractivity contribution is 9.10. The monoisotopic (exact) mass is 238 g/mol. The van der Waals surface area contributed by atoms with Crippen LogP contribution in [0.5, 0.6) is 0 Å². The third-order valence-corrected chi connectivity index (χ3v) is 2.52. The third kappa shape index (κ3) is 1.33. The second kappa shape index (κ2) is 2.88. The first-order valence-corrected chi connectivity index (χ1v) is 4.46. The Morgan fingerprint density at radius 3 is 2.92 bits per heavy atom. The maximum absolute atomic E-state index is 10.5. The summed E-state index contributed by atoms with van der Waals surface area (Å²) in [6.07, 6.45) is 1.77. The molecule has 0 saturated heterocycles. The van der Waals surface area contributed by atoms with Gasteiger partial charge in [-0.1, -0.05) is 12.1 Å². The lowest BCUT2D eigenvalue weighted by molar-refractivity contribution is -0.255. The number of nitrogens with one attached hydrogen (secondary N) is 1. The topological polar surface area (TPSA) is 55.9 Å². The first-order valence-electron chi connectivity index (χ1n) is 3.66. The van der Waals surface area contributed by atoms with Gasteiger partial charge in [0.2, 0.25) is 0 Å². The zero-order chi connectivity index (χ0) is 9.42. The van der Waals surface area contributed by atoms with E-state index in [1.807, 2.05) is 0 Å². The minimum Gasteiger partial charge on any atom is -0.545 e. The molecule has 2 aromatic rings. The highest BCUT2D eigenvalue weighted by Crippen LogP contribution is 2.23. The first kappa shape index (κ1) is 8.31. The van der Waals surface area contributed by atoms with Crippen LogP contribution in [0.25, 0.3) is 10.9 Å². The van der Waals surface area contributed by atoms with Gasteiger partial charge in [0.1, 0.15) is 0 Å². The summed E-state index contributed by atoms with van der Waals surface area (Å²) in [7, 11) is 0. The molecule has 66 valence electrons. The van der Waals surface area contributed by atoms with Crippen LogP contribution < -0.4 is 5.11 Å². The summed E-state index contributed by atoms with van der Waals surface area (Å²) in [5, 5.41) is 11.5. The smallest absolute Gasteiger partial charge is 0.0716 e. The Labute approximate surface area is 82.5 Å². The summed E-state index contributed by atoms with van der Waals surface area (Å²) >= 11 is 3.33. The van der Waals surface area contributed by atoms with E-state index in [9.17, 15) is 9.90 Å². The van der Waals surface area contributed by atoms with E-state index in [0.29, 0.717) is 0 Å². The number of H-pyrrole nitrogens is 1. The summed E-state index contributed by atoms with van der Waals surface area (Å²) < 4.78 is 0.924. The Morgan fingerprint density at radius 2 is 2.23 bits per heavy atom. The van der Waals surface area contributed by atoms with Gasteiger partial charge in [-0.15, -0.1) is 0 Å². The van der Waals surface area contributed by atoms with Crippen LogP contribution >= 0.6 is 15.9 Å². The van der Waals surface area contributed by atoms with E-state index in [2.05, 4.69) is 20.9 Å². The lowest BCUT2D eigenvalue weighted by atomic mass is 10.2. The molecule has 0 aliphatic heterocycles. The summed E-state index contributed by atoms with van der Waals surface area (Å²) in [5.74, 6) is -1.16. The highest BCUT2D eigenvalue weighted by Gasteiger charge is 2.01. The first-order chi connectivity index (χ1) is 6.18. The van der Waals surface area contributed by atoms with Crippen LogP contribution in [0, 0.1) is 0 Å². The Kier molecular flexibility index (Phi) is 1.84. The van der Waals surface area contributed by atoms with Gasteiger partial charge < -0.3 is 14.9 Å². The van der Waals surface area contributed by atoms with Crippen LogP contribution in [0.1, 0.15) is 10.4 Å². The molecule has 2 rings (SSSR count). The molecule has 0 atom stereocenters. The van der Waals surface area contributed by atoms with E-state index >= 15 is 0 Å². The molecular formula is C9H5BrNO2-. The van der Waals surface area contributed by atoms with Crippen molar-refractivity contribution in [2.75, 3.05) is 0 Å². The Balaban J connectivity index is 2.70. The number of hydrogen-bond donors (Lipinski definition) is 1. The Hall–Kier alpha value is -1.29. The van der Waals surface area contributed by atoms with Gasteiger partial charge >= 0.3 is 0 Å². The van der Waals surface area contributed by atoms with Gasteiger partial charge in [-0.3, -0.25) is 0 Å². The normalized spacial score (nSPS) is 10.5. The van der Waals surface area contributed by atoms with Crippen molar-refractivity contribution in [3.05, 3.63) is 34.4 Å². The van der Waals surface area contributed by atoms with Crippen LogP contribution in [-0.4, -0.2) is 11.0 Å². The number of rotatable bonds is 1. The number of carboxylic acids is 1. The number of aromatic carboxylic acids is 1. The van der Waals surface area contributed by atoms with Gasteiger partial charge in [-0.2, -0.15) is 0 Å². The van der Waals surface area contributed by atoms with E-state index < -0.39 is 5.97 Å². The van der Waals surface area contributed by atoms with E-state index in [-0.39, 0.29) is 5.56 Å². The number of aromatic amines is 1. The average molecular weight is 239 g/mol. The zero-order valence-electron chi connectivity index (χ0n) is 6.50. The number of aromatic nitrogens is 1. The number of halogens is 1. The summed E-state index contributed by atoms with van der Waals surface area (Å²) in [6, 6.07) is 4.81. The van der Waals surface area contributed by atoms with Crippen molar-refractivity contribution in [3.63, 3.8) is 0 Å². The predicted octanol–water partition coefficient (Wildman–Crippen LogP) is 1.29. The summed E-state index contributed by atoms with van der Waals surface area (Å²) in [4.78, 5) is 13.5. The number of carbonyl (C=O) groups excluding carboxylic acids is 1. The van der Waals surface area contributed by atoms with Crippen LogP contribution in [0.15, 0.2) is 28.9 Å². The summed E-state index contributed by atoms with van der Waals surface area (Å²) in [6.45, 7) is 0. The van der Waals surface area contributed by atoms with Crippen molar-refractivity contribution >= 4 is 32.8 Å². The maximum atomic E-state index is 10.5. The molecule has 1 aromatic heterocycles. The fourth-order valence-corrected chi connectivity index (χ4v) is 1.68.